The number of ether oxygens (including phenoxy) is 1. The number of hydrogen-bond donors (Lipinski definition) is 1. The maximum atomic E-state index is 11.0. The summed E-state index contributed by atoms with van der Waals surface area (Å²) in [5.41, 5.74) is 0.162. The molecule has 2 aliphatic rings. The summed E-state index contributed by atoms with van der Waals surface area (Å²) in [7, 11) is 0. The van der Waals surface area contributed by atoms with E-state index in [1.807, 2.05) is 0 Å². The molecule has 13 heavy (non-hydrogen) atoms. The van der Waals surface area contributed by atoms with Crippen molar-refractivity contribution in [2.24, 2.45) is 5.92 Å². The Kier molecular flexibility index (Phi) is 2.28. The highest BCUT2D eigenvalue weighted by Crippen LogP contribution is 2.46. The van der Waals surface area contributed by atoms with Gasteiger partial charge in [-0.05, 0) is 31.6 Å². The Bertz CT molecular complexity index is 205. The van der Waals surface area contributed by atoms with Gasteiger partial charge >= 0.3 is 0 Å². The van der Waals surface area contributed by atoms with E-state index in [-0.39, 0.29) is 11.4 Å². The Labute approximate surface area is 78.8 Å². The molecule has 2 rings (SSSR count). The van der Waals surface area contributed by atoms with Gasteiger partial charge in [0.25, 0.3) is 0 Å². The maximum Gasteiger partial charge on any atom is 0.217 e. The van der Waals surface area contributed by atoms with Crippen molar-refractivity contribution >= 4 is 5.91 Å². The molecule has 74 valence electrons. The van der Waals surface area contributed by atoms with E-state index in [4.69, 9.17) is 4.74 Å². The molecule has 0 aromatic carbocycles. The molecule has 2 fully saturated rings. The molecule has 1 N–H and O–H groups in total. The number of nitrogens with one attached hydrogen (secondary N) is 1. The van der Waals surface area contributed by atoms with Gasteiger partial charge in [0.2, 0.25) is 5.91 Å². The van der Waals surface area contributed by atoms with Gasteiger partial charge in [0, 0.05) is 25.7 Å². The van der Waals surface area contributed by atoms with E-state index < -0.39 is 0 Å². The van der Waals surface area contributed by atoms with Crippen LogP contribution in [-0.2, 0) is 9.53 Å². The molecule has 0 atom stereocenters. The van der Waals surface area contributed by atoms with Crippen LogP contribution in [0.4, 0.5) is 0 Å². The fraction of sp³-hybridized carbons (Fsp3) is 0.900. The lowest BCUT2D eigenvalue weighted by Crippen LogP contribution is -2.43. The molecule has 1 saturated heterocycles. The van der Waals surface area contributed by atoms with Crippen LogP contribution in [0.25, 0.3) is 0 Å². The molecule has 0 aromatic rings. The van der Waals surface area contributed by atoms with Crippen molar-refractivity contribution in [3.63, 3.8) is 0 Å². The molecule has 0 bridgehead atoms. The Morgan fingerprint density at radius 3 is 2.46 bits per heavy atom. The van der Waals surface area contributed by atoms with Crippen molar-refractivity contribution in [3.05, 3.63) is 0 Å². The Morgan fingerprint density at radius 2 is 2.00 bits per heavy atom. The molecule has 0 unspecified atom stereocenters. The summed E-state index contributed by atoms with van der Waals surface area (Å²) in [5, 5.41) is 3.11. The van der Waals surface area contributed by atoms with Crippen LogP contribution < -0.4 is 5.32 Å². The monoisotopic (exact) mass is 183 g/mol. The molecule has 0 radical (unpaired) electrons. The number of amides is 1. The summed E-state index contributed by atoms with van der Waals surface area (Å²) in [6.07, 6.45) is 4.55. The molecule has 1 aliphatic heterocycles. The van der Waals surface area contributed by atoms with Gasteiger partial charge in [-0.2, -0.15) is 0 Å². The van der Waals surface area contributed by atoms with E-state index in [2.05, 4.69) is 5.32 Å². The van der Waals surface area contributed by atoms with Crippen molar-refractivity contribution < 1.29 is 9.53 Å². The Hall–Kier alpha value is -0.570. The number of carbonyl (C=O) groups excluding carboxylic acids is 1. The molecule has 1 heterocycles. The van der Waals surface area contributed by atoms with Crippen molar-refractivity contribution in [2.45, 2.75) is 38.1 Å². The summed E-state index contributed by atoms with van der Waals surface area (Å²) in [4.78, 5) is 11.0. The first-order chi connectivity index (χ1) is 6.23. The van der Waals surface area contributed by atoms with E-state index in [0.717, 1.165) is 38.9 Å². The molecular weight excluding hydrogens is 166 g/mol. The second-order valence-corrected chi connectivity index (χ2v) is 4.22. The highest BCUT2D eigenvalue weighted by Gasteiger charge is 2.49. The van der Waals surface area contributed by atoms with E-state index >= 15 is 0 Å². The van der Waals surface area contributed by atoms with E-state index in [1.165, 1.54) is 0 Å². The second kappa shape index (κ2) is 3.29. The molecule has 0 aromatic heterocycles. The van der Waals surface area contributed by atoms with Crippen LogP contribution >= 0.6 is 0 Å². The highest BCUT2D eigenvalue weighted by atomic mass is 16.5. The summed E-state index contributed by atoms with van der Waals surface area (Å²) in [5.74, 6) is 0.772. The number of hydrogen-bond acceptors (Lipinski definition) is 2. The van der Waals surface area contributed by atoms with Crippen LogP contribution in [-0.4, -0.2) is 24.7 Å². The minimum Gasteiger partial charge on any atom is -0.381 e. The molecule has 1 amide bonds. The van der Waals surface area contributed by atoms with Crippen LogP contribution in [0.1, 0.15) is 32.6 Å². The fourth-order valence-corrected chi connectivity index (χ4v) is 2.37. The summed E-state index contributed by atoms with van der Waals surface area (Å²) < 4.78 is 5.31. The van der Waals surface area contributed by atoms with Crippen molar-refractivity contribution in [3.8, 4) is 0 Å². The largest absolute Gasteiger partial charge is 0.381 e. The zero-order chi connectivity index (χ0) is 9.31. The van der Waals surface area contributed by atoms with Gasteiger partial charge < -0.3 is 10.1 Å². The van der Waals surface area contributed by atoms with E-state index in [1.54, 1.807) is 6.92 Å². The SMILES string of the molecule is CC(=O)NC1(C2CCOCC2)CC1. The highest BCUT2D eigenvalue weighted by molar-refractivity contribution is 5.74. The van der Waals surface area contributed by atoms with Gasteiger partial charge in [-0.25, -0.2) is 0 Å². The topological polar surface area (TPSA) is 38.3 Å². The lowest BCUT2D eigenvalue weighted by molar-refractivity contribution is -0.120. The van der Waals surface area contributed by atoms with Crippen molar-refractivity contribution in [2.75, 3.05) is 13.2 Å². The molecular formula is C10H17NO2. The van der Waals surface area contributed by atoms with Gasteiger partial charge in [0.1, 0.15) is 0 Å². The summed E-state index contributed by atoms with van der Waals surface area (Å²) in [6, 6.07) is 0. The second-order valence-electron chi connectivity index (χ2n) is 4.22. The third kappa shape index (κ3) is 1.85. The van der Waals surface area contributed by atoms with Gasteiger partial charge in [0.05, 0.1) is 0 Å². The third-order valence-electron chi connectivity index (χ3n) is 3.22. The van der Waals surface area contributed by atoms with Crippen LogP contribution in [0, 0.1) is 5.92 Å². The first kappa shape index (κ1) is 9.00. The van der Waals surface area contributed by atoms with Gasteiger partial charge in [-0.1, -0.05) is 0 Å². The lowest BCUT2D eigenvalue weighted by Gasteiger charge is -2.30. The molecule has 0 spiro atoms. The lowest BCUT2D eigenvalue weighted by atomic mass is 9.89. The average Bonchev–Trinajstić information content (AvgIpc) is 2.86. The van der Waals surface area contributed by atoms with Crippen molar-refractivity contribution in [1.82, 2.24) is 5.32 Å². The predicted molar refractivity (Wildman–Crippen MR) is 49.3 cm³/mol. The van der Waals surface area contributed by atoms with E-state index in [9.17, 15) is 4.79 Å². The van der Waals surface area contributed by atoms with Crippen LogP contribution in [0.2, 0.25) is 0 Å². The minimum atomic E-state index is 0.115. The standard InChI is InChI=1S/C10H17NO2/c1-8(12)11-10(4-5-10)9-2-6-13-7-3-9/h9H,2-7H2,1H3,(H,11,12). The first-order valence-corrected chi connectivity index (χ1v) is 5.09. The fourth-order valence-electron chi connectivity index (χ4n) is 2.37. The first-order valence-electron chi connectivity index (χ1n) is 5.09. The zero-order valence-corrected chi connectivity index (χ0v) is 8.14. The summed E-state index contributed by atoms with van der Waals surface area (Å²) >= 11 is 0. The number of carbonyl (C=O) groups is 1. The van der Waals surface area contributed by atoms with Gasteiger partial charge in [-0.3, -0.25) is 4.79 Å². The zero-order valence-electron chi connectivity index (χ0n) is 8.14. The smallest absolute Gasteiger partial charge is 0.217 e. The van der Waals surface area contributed by atoms with Crippen LogP contribution in [0.5, 0.6) is 0 Å². The average molecular weight is 183 g/mol. The molecule has 1 aliphatic carbocycles. The number of rotatable bonds is 2. The minimum absolute atomic E-state index is 0.115. The van der Waals surface area contributed by atoms with E-state index in [0.29, 0.717) is 5.92 Å². The molecule has 3 heteroatoms. The Balaban J connectivity index is 1.93. The summed E-state index contributed by atoms with van der Waals surface area (Å²) in [6.45, 7) is 3.34. The molecule has 1 saturated carbocycles. The van der Waals surface area contributed by atoms with Gasteiger partial charge in [0.15, 0.2) is 0 Å². The molecule has 3 nitrogen and oxygen atoms in total. The van der Waals surface area contributed by atoms with Crippen LogP contribution in [0.3, 0.4) is 0 Å². The Morgan fingerprint density at radius 1 is 1.38 bits per heavy atom. The van der Waals surface area contributed by atoms with Gasteiger partial charge in [-0.15, -0.1) is 0 Å². The quantitative estimate of drug-likeness (QED) is 0.695. The normalized spacial score (nSPS) is 26.8. The van der Waals surface area contributed by atoms with Crippen LogP contribution in [0.15, 0.2) is 0 Å². The van der Waals surface area contributed by atoms with Crippen molar-refractivity contribution in [1.29, 1.82) is 0 Å². The predicted octanol–water partition coefficient (Wildman–Crippen LogP) is 1.08. The third-order valence-corrected chi connectivity index (χ3v) is 3.22. The maximum absolute atomic E-state index is 11.0.